The van der Waals surface area contributed by atoms with E-state index >= 15 is 0 Å². The summed E-state index contributed by atoms with van der Waals surface area (Å²) in [5.41, 5.74) is 0. The van der Waals surface area contributed by atoms with Crippen molar-refractivity contribution in [1.82, 2.24) is 10.6 Å². The van der Waals surface area contributed by atoms with E-state index < -0.39 is 9.84 Å². The van der Waals surface area contributed by atoms with Gasteiger partial charge in [0.05, 0.1) is 10.6 Å². The van der Waals surface area contributed by atoms with E-state index in [0.29, 0.717) is 17.4 Å². The molecule has 2 N–H and O–H groups in total. The molecular formula is C17H26N2O3S. The lowest BCUT2D eigenvalue weighted by Gasteiger charge is -2.28. The van der Waals surface area contributed by atoms with Crippen molar-refractivity contribution >= 4 is 15.7 Å². The highest BCUT2D eigenvalue weighted by atomic mass is 32.2. The van der Waals surface area contributed by atoms with Gasteiger partial charge in [-0.05, 0) is 44.9 Å². The zero-order valence-corrected chi connectivity index (χ0v) is 14.6. The lowest BCUT2D eigenvalue weighted by molar-refractivity contribution is -0.126. The van der Waals surface area contributed by atoms with Crippen LogP contribution in [0.15, 0.2) is 35.2 Å². The van der Waals surface area contributed by atoms with Crippen LogP contribution < -0.4 is 10.6 Å². The van der Waals surface area contributed by atoms with E-state index in [1.165, 1.54) is 0 Å². The molecule has 0 bridgehead atoms. The first-order chi connectivity index (χ1) is 10.9. The highest BCUT2D eigenvalue weighted by molar-refractivity contribution is 7.91. The van der Waals surface area contributed by atoms with Gasteiger partial charge in [0.2, 0.25) is 5.91 Å². The number of piperidine rings is 1. The number of hydrogen-bond donors (Lipinski definition) is 2. The number of amides is 1. The Balaban J connectivity index is 1.98. The Kier molecular flexibility index (Phi) is 6.18. The Morgan fingerprint density at radius 3 is 2.65 bits per heavy atom. The van der Waals surface area contributed by atoms with Gasteiger partial charge in [-0.25, -0.2) is 8.42 Å². The van der Waals surface area contributed by atoms with E-state index in [1.807, 2.05) is 6.92 Å². The molecule has 23 heavy (non-hydrogen) atoms. The van der Waals surface area contributed by atoms with Crippen LogP contribution >= 0.6 is 0 Å². The van der Waals surface area contributed by atoms with E-state index in [4.69, 9.17) is 0 Å². The molecule has 1 fully saturated rings. The molecule has 3 atom stereocenters. The van der Waals surface area contributed by atoms with Crippen molar-refractivity contribution in [3.63, 3.8) is 0 Å². The largest absolute Gasteiger partial charge is 0.352 e. The molecule has 2 rings (SSSR count). The maximum Gasteiger partial charge on any atom is 0.223 e. The summed E-state index contributed by atoms with van der Waals surface area (Å²) >= 11 is 0. The Morgan fingerprint density at radius 1 is 1.35 bits per heavy atom. The third kappa shape index (κ3) is 5.04. The molecule has 5 nitrogen and oxygen atoms in total. The van der Waals surface area contributed by atoms with Gasteiger partial charge >= 0.3 is 0 Å². The molecule has 1 aromatic rings. The van der Waals surface area contributed by atoms with E-state index in [0.717, 1.165) is 19.4 Å². The predicted molar refractivity (Wildman–Crippen MR) is 90.9 cm³/mol. The van der Waals surface area contributed by atoms with Crippen molar-refractivity contribution < 1.29 is 13.2 Å². The van der Waals surface area contributed by atoms with Gasteiger partial charge in [-0.3, -0.25) is 4.79 Å². The summed E-state index contributed by atoms with van der Waals surface area (Å²) in [7, 11) is -3.39. The Hall–Kier alpha value is -1.40. The minimum atomic E-state index is -3.39. The van der Waals surface area contributed by atoms with Crippen LogP contribution in [0.4, 0.5) is 0 Å². The zero-order chi connectivity index (χ0) is 16.9. The first kappa shape index (κ1) is 17.9. The van der Waals surface area contributed by atoms with Gasteiger partial charge in [0.25, 0.3) is 0 Å². The highest BCUT2D eigenvalue weighted by Gasteiger charge is 2.28. The average molecular weight is 338 g/mol. The molecule has 0 aromatic heterocycles. The predicted octanol–water partition coefficient (Wildman–Crippen LogP) is 1.74. The molecule has 1 heterocycles. The number of nitrogens with one attached hydrogen (secondary N) is 2. The van der Waals surface area contributed by atoms with Crippen LogP contribution in [0.2, 0.25) is 0 Å². The molecule has 1 amide bonds. The number of sulfone groups is 1. The molecule has 128 valence electrons. The number of benzene rings is 1. The molecule has 1 saturated heterocycles. The van der Waals surface area contributed by atoms with E-state index in [2.05, 4.69) is 17.6 Å². The standard InChI is InChI=1S/C17H26N2O3S/c1-3-15(12-23(21,22)16-7-5-4-6-8-16)19-17(20)14-9-10-18-13(2)11-14/h4-8,13-15,18H,3,9-12H2,1-2H3,(H,19,20)/t13-,14-,15?/m0/s1. The highest BCUT2D eigenvalue weighted by Crippen LogP contribution is 2.17. The first-order valence-electron chi connectivity index (χ1n) is 8.24. The fraction of sp³-hybridized carbons (Fsp3) is 0.588. The van der Waals surface area contributed by atoms with Gasteiger partial charge in [-0.15, -0.1) is 0 Å². The van der Waals surface area contributed by atoms with Crippen molar-refractivity contribution in [2.24, 2.45) is 5.92 Å². The molecule has 1 aromatic carbocycles. The minimum absolute atomic E-state index is 0.0199. The first-order valence-corrected chi connectivity index (χ1v) is 9.89. The number of rotatable bonds is 6. The lowest BCUT2D eigenvalue weighted by atomic mass is 9.92. The molecule has 1 aliphatic heterocycles. The van der Waals surface area contributed by atoms with E-state index in [9.17, 15) is 13.2 Å². The third-order valence-corrected chi connectivity index (χ3v) is 6.19. The van der Waals surface area contributed by atoms with Crippen molar-refractivity contribution in [1.29, 1.82) is 0 Å². The van der Waals surface area contributed by atoms with Crippen LogP contribution in [0.3, 0.4) is 0 Å². The Morgan fingerprint density at radius 2 is 2.04 bits per heavy atom. The van der Waals surface area contributed by atoms with Gasteiger partial charge in [0.1, 0.15) is 0 Å². The molecular weight excluding hydrogens is 312 g/mol. The maximum atomic E-state index is 12.5. The van der Waals surface area contributed by atoms with E-state index in [-0.39, 0.29) is 23.6 Å². The fourth-order valence-corrected chi connectivity index (χ4v) is 4.55. The van der Waals surface area contributed by atoms with Crippen molar-refractivity contribution in [2.75, 3.05) is 12.3 Å². The van der Waals surface area contributed by atoms with Crippen LogP contribution in [-0.4, -0.2) is 38.7 Å². The second-order valence-electron chi connectivity index (χ2n) is 6.28. The monoisotopic (exact) mass is 338 g/mol. The maximum absolute atomic E-state index is 12.5. The molecule has 0 spiro atoms. The second kappa shape index (κ2) is 7.93. The van der Waals surface area contributed by atoms with Crippen LogP contribution in [0.5, 0.6) is 0 Å². The summed E-state index contributed by atoms with van der Waals surface area (Å²) in [6, 6.07) is 8.38. The molecule has 1 unspecified atom stereocenters. The van der Waals surface area contributed by atoms with Crippen molar-refractivity contribution in [3.8, 4) is 0 Å². The van der Waals surface area contributed by atoms with Gasteiger partial charge in [0.15, 0.2) is 9.84 Å². The Bertz CT molecular complexity index is 616. The van der Waals surface area contributed by atoms with Crippen molar-refractivity contribution in [2.45, 2.75) is 50.1 Å². The summed E-state index contributed by atoms with van der Waals surface area (Å²) < 4.78 is 24.9. The van der Waals surface area contributed by atoms with Crippen molar-refractivity contribution in [3.05, 3.63) is 30.3 Å². The molecule has 0 aliphatic carbocycles. The zero-order valence-electron chi connectivity index (χ0n) is 13.8. The smallest absolute Gasteiger partial charge is 0.223 e. The summed E-state index contributed by atoms with van der Waals surface area (Å²) in [6.45, 7) is 4.80. The van der Waals surface area contributed by atoms with Crippen LogP contribution in [0.25, 0.3) is 0 Å². The molecule has 1 aliphatic rings. The summed E-state index contributed by atoms with van der Waals surface area (Å²) in [4.78, 5) is 12.7. The van der Waals surface area contributed by atoms with Crippen LogP contribution in [0.1, 0.15) is 33.1 Å². The lowest BCUT2D eigenvalue weighted by Crippen LogP contribution is -2.46. The quantitative estimate of drug-likeness (QED) is 0.828. The molecule has 6 heteroatoms. The van der Waals surface area contributed by atoms with Gasteiger partial charge in [0, 0.05) is 18.0 Å². The number of carbonyl (C=O) groups is 1. The normalized spacial score (nSPS) is 23.2. The van der Waals surface area contributed by atoms with Crippen LogP contribution in [0, 0.1) is 5.92 Å². The molecule has 0 radical (unpaired) electrons. The van der Waals surface area contributed by atoms with Gasteiger partial charge in [-0.1, -0.05) is 25.1 Å². The Labute approximate surface area is 138 Å². The third-order valence-electron chi connectivity index (χ3n) is 4.36. The summed E-state index contributed by atoms with van der Waals surface area (Å²) in [6.07, 6.45) is 2.20. The summed E-state index contributed by atoms with van der Waals surface area (Å²) in [5.74, 6) is -0.104. The topological polar surface area (TPSA) is 75.3 Å². The van der Waals surface area contributed by atoms with Gasteiger partial charge < -0.3 is 10.6 Å². The second-order valence-corrected chi connectivity index (χ2v) is 8.32. The van der Waals surface area contributed by atoms with E-state index in [1.54, 1.807) is 30.3 Å². The number of carbonyl (C=O) groups excluding carboxylic acids is 1. The average Bonchev–Trinajstić information content (AvgIpc) is 2.54. The summed E-state index contributed by atoms with van der Waals surface area (Å²) in [5, 5.41) is 6.25. The fourth-order valence-electron chi connectivity index (χ4n) is 2.94. The SMILES string of the molecule is CCC(CS(=O)(=O)c1ccccc1)NC(=O)[C@H]1CCN[C@@H](C)C1. The van der Waals surface area contributed by atoms with Gasteiger partial charge in [-0.2, -0.15) is 0 Å². The molecule has 0 saturated carbocycles. The number of hydrogen-bond acceptors (Lipinski definition) is 4. The minimum Gasteiger partial charge on any atom is -0.352 e. The van der Waals surface area contributed by atoms with Crippen LogP contribution in [-0.2, 0) is 14.6 Å².